The molecule has 0 spiro atoms. The van der Waals surface area contributed by atoms with Crippen LogP contribution in [-0.2, 0) is 14.2 Å². The molecule has 2 aliphatic heterocycles. The minimum Gasteiger partial charge on any atom is -0.493 e. The Bertz CT molecular complexity index is 492. The van der Waals surface area contributed by atoms with Crippen LogP contribution in [0.1, 0.15) is 10.4 Å². The predicted molar refractivity (Wildman–Crippen MR) is 68.3 cm³/mol. The van der Waals surface area contributed by atoms with Crippen molar-refractivity contribution in [3.8, 4) is 11.5 Å². The topological polar surface area (TPSA) is 69.8 Å². The molecule has 2 fully saturated rings. The summed E-state index contributed by atoms with van der Waals surface area (Å²) in [6.07, 6.45) is 0.227. The van der Waals surface area contributed by atoms with Crippen molar-refractivity contribution in [3.05, 3.63) is 23.8 Å². The molecular formula is C14H16O6. The highest BCUT2D eigenvalue weighted by molar-refractivity contribution is 5.90. The Balaban J connectivity index is 1.62. The molecule has 0 aromatic heterocycles. The van der Waals surface area contributed by atoms with Crippen LogP contribution in [0.5, 0.6) is 11.5 Å². The fraction of sp³-hybridized carbons (Fsp3) is 0.500. The van der Waals surface area contributed by atoms with Gasteiger partial charge in [0, 0.05) is 0 Å². The molecule has 2 aliphatic rings. The van der Waals surface area contributed by atoms with Crippen LogP contribution in [0.4, 0.5) is 0 Å². The van der Waals surface area contributed by atoms with E-state index in [0.29, 0.717) is 36.9 Å². The Morgan fingerprint density at radius 3 is 2.55 bits per heavy atom. The molecule has 0 aliphatic carbocycles. The first-order valence-electron chi connectivity index (χ1n) is 6.47. The molecule has 0 bridgehead atoms. The standard InChI is InChI=1S/C14H16O6/c1-16-13-4-9(14(15)20-8-11-6-18-11)2-3-12(13)19-7-10-5-17-10/h2-4,10-11H,5-8H2,1H3. The zero-order valence-electron chi connectivity index (χ0n) is 11.2. The summed E-state index contributed by atoms with van der Waals surface area (Å²) in [5.74, 6) is 0.698. The second-order valence-electron chi connectivity index (χ2n) is 4.69. The Kier molecular flexibility index (Phi) is 3.75. The van der Waals surface area contributed by atoms with Crippen molar-refractivity contribution in [1.82, 2.24) is 0 Å². The first-order chi connectivity index (χ1) is 9.76. The van der Waals surface area contributed by atoms with Gasteiger partial charge in [-0.2, -0.15) is 0 Å². The predicted octanol–water partition coefficient (Wildman–Crippen LogP) is 1.03. The molecule has 1 aromatic rings. The number of esters is 1. The summed E-state index contributed by atoms with van der Waals surface area (Å²) in [5, 5.41) is 0. The van der Waals surface area contributed by atoms with Gasteiger partial charge in [0.25, 0.3) is 0 Å². The maximum atomic E-state index is 11.8. The van der Waals surface area contributed by atoms with Gasteiger partial charge in [0.15, 0.2) is 11.5 Å². The quantitative estimate of drug-likeness (QED) is 0.549. The molecule has 2 heterocycles. The molecule has 108 valence electrons. The van der Waals surface area contributed by atoms with E-state index in [1.807, 2.05) is 0 Å². The van der Waals surface area contributed by atoms with Crippen molar-refractivity contribution in [2.24, 2.45) is 0 Å². The van der Waals surface area contributed by atoms with E-state index in [-0.39, 0.29) is 12.2 Å². The van der Waals surface area contributed by atoms with Gasteiger partial charge in [0.05, 0.1) is 25.9 Å². The lowest BCUT2D eigenvalue weighted by atomic mass is 10.2. The number of methoxy groups -OCH3 is 1. The lowest BCUT2D eigenvalue weighted by molar-refractivity contribution is 0.0476. The maximum absolute atomic E-state index is 11.8. The maximum Gasteiger partial charge on any atom is 0.338 e. The molecule has 6 nitrogen and oxygen atoms in total. The smallest absolute Gasteiger partial charge is 0.338 e. The van der Waals surface area contributed by atoms with E-state index in [1.54, 1.807) is 18.2 Å². The Hall–Kier alpha value is -1.79. The highest BCUT2D eigenvalue weighted by atomic mass is 16.6. The minimum absolute atomic E-state index is 0.0574. The number of hydrogen-bond acceptors (Lipinski definition) is 6. The van der Waals surface area contributed by atoms with E-state index in [2.05, 4.69) is 0 Å². The Morgan fingerprint density at radius 1 is 1.20 bits per heavy atom. The third-order valence-electron chi connectivity index (χ3n) is 3.03. The largest absolute Gasteiger partial charge is 0.493 e. The van der Waals surface area contributed by atoms with Crippen molar-refractivity contribution < 1.29 is 28.5 Å². The Morgan fingerprint density at radius 2 is 1.90 bits per heavy atom. The molecule has 20 heavy (non-hydrogen) atoms. The first kappa shape index (κ1) is 13.2. The summed E-state index contributed by atoms with van der Waals surface area (Å²) in [7, 11) is 1.53. The molecule has 2 atom stereocenters. The number of benzene rings is 1. The van der Waals surface area contributed by atoms with Gasteiger partial charge in [-0.1, -0.05) is 0 Å². The van der Waals surface area contributed by atoms with Crippen molar-refractivity contribution in [1.29, 1.82) is 0 Å². The van der Waals surface area contributed by atoms with Crippen molar-refractivity contribution in [2.45, 2.75) is 12.2 Å². The van der Waals surface area contributed by atoms with Gasteiger partial charge in [0.2, 0.25) is 0 Å². The average Bonchev–Trinajstić information content (AvgIpc) is 3.36. The van der Waals surface area contributed by atoms with Crippen molar-refractivity contribution in [2.75, 3.05) is 33.5 Å². The van der Waals surface area contributed by atoms with Gasteiger partial charge < -0.3 is 23.7 Å². The van der Waals surface area contributed by atoms with Crippen LogP contribution < -0.4 is 9.47 Å². The third-order valence-corrected chi connectivity index (χ3v) is 3.03. The number of rotatable bonds is 7. The molecule has 1 aromatic carbocycles. The summed E-state index contributed by atoms with van der Waals surface area (Å²) >= 11 is 0. The van der Waals surface area contributed by atoms with E-state index in [4.69, 9.17) is 23.7 Å². The summed E-state index contributed by atoms with van der Waals surface area (Å²) in [5.41, 5.74) is 0.428. The van der Waals surface area contributed by atoms with E-state index >= 15 is 0 Å². The van der Waals surface area contributed by atoms with Crippen LogP contribution >= 0.6 is 0 Å². The fourth-order valence-corrected chi connectivity index (χ4v) is 1.68. The van der Waals surface area contributed by atoms with Gasteiger partial charge >= 0.3 is 5.97 Å². The van der Waals surface area contributed by atoms with Gasteiger partial charge in [-0.05, 0) is 18.2 Å². The first-order valence-corrected chi connectivity index (χ1v) is 6.47. The number of ether oxygens (including phenoxy) is 5. The normalized spacial score (nSPS) is 23.1. The van der Waals surface area contributed by atoms with E-state index in [9.17, 15) is 4.79 Å². The zero-order valence-corrected chi connectivity index (χ0v) is 11.2. The molecule has 0 amide bonds. The van der Waals surface area contributed by atoms with Crippen LogP contribution in [0.2, 0.25) is 0 Å². The van der Waals surface area contributed by atoms with Crippen LogP contribution in [0.15, 0.2) is 18.2 Å². The molecule has 0 N–H and O–H groups in total. The summed E-state index contributed by atoms with van der Waals surface area (Å²) in [4.78, 5) is 11.8. The molecule has 2 unspecified atom stereocenters. The van der Waals surface area contributed by atoms with Crippen molar-refractivity contribution in [3.63, 3.8) is 0 Å². The number of hydrogen-bond donors (Lipinski definition) is 0. The van der Waals surface area contributed by atoms with E-state index in [0.717, 1.165) is 6.61 Å². The van der Waals surface area contributed by atoms with Crippen LogP contribution in [0.25, 0.3) is 0 Å². The minimum atomic E-state index is -0.393. The van der Waals surface area contributed by atoms with E-state index in [1.165, 1.54) is 7.11 Å². The van der Waals surface area contributed by atoms with Crippen LogP contribution in [0.3, 0.4) is 0 Å². The highest BCUT2D eigenvalue weighted by Gasteiger charge is 2.25. The number of carbonyl (C=O) groups is 1. The molecule has 3 rings (SSSR count). The van der Waals surface area contributed by atoms with Gasteiger partial charge in [-0.25, -0.2) is 4.79 Å². The number of epoxide rings is 2. The summed E-state index contributed by atoms with van der Waals surface area (Å²) in [6, 6.07) is 4.96. The number of carbonyl (C=O) groups excluding carboxylic acids is 1. The van der Waals surface area contributed by atoms with Gasteiger partial charge in [-0.15, -0.1) is 0 Å². The van der Waals surface area contributed by atoms with Gasteiger partial charge in [-0.3, -0.25) is 0 Å². The molecule has 0 radical (unpaired) electrons. The lowest BCUT2D eigenvalue weighted by Crippen LogP contribution is -2.11. The summed E-state index contributed by atoms with van der Waals surface area (Å²) in [6.45, 7) is 2.17. The second kappa shape index (κ2) is 5.68. The van der Waals surface area contributed by atoms with Crippen molar-refractivity contribution >= 4 is 5.97 Å². The molecular weight excluding hydrogens is 264 g/mol. The molecule has 2 saturated heterocycles. The highest BCUT2D eigenvalue weighted by Crippen LogP contribution is 2.29. The molecule has 6 heteroatoms. The zero-order chi connectivity index (χ0) is 13.9. The second-order valence-corrected chi connectivity index (χ2v) is 4.69. The SMILES string of the molecule is COc1cc(C(=O)OCC2CO2)ccc1OCC1CO1. The van der Waals surface area contributed by atoms with Gasteiger partial charge in [0.1, 0.15) is 25.4 Å². The van der Waals surface area contributed by atoms with E-state index < -0.39 is 5.97 Å². The fourth-order valence-electron chi connectivity index (χ4n) is 1.68. The Labute approximate surface area is 116 Å². The molecule has 0 saturated carbocycles. The monoisotopic (exact) mass is 280 g/mol. The van der Waals surface area contributed by atoms with Crippen LogP contribution in [-0.4, -0.2) is 51.7 Å². The summed E-state index contributed by atoms with van der Waals surface area (Å²) < 4.78 is 26.0. The average molecular weight is 280 g/mol. The van der Waals surface area contributed by atoms with Crippen LogP contribution in [0, 0.1) is 0 Å². The third kappa shape index (κ3) is 3.40. The lowest BCUT2D eigenvalue weighted by Gasteiger charge is -2.11.